The van der Waals surface area contributed by atoms with Gasteiger partial charge in [0.25, 0.3) is 5.56 Å². The molecule has 35 heavy (non-hydrogen) atoms. The van der Waals surface area contributed by atoms with E-state index in [1.807, 2.05) is 20.8 Å². The highest BCUT2D eigenvalue weighted by Crippen LogP contribution is 2.29. The van der Waals surface area contributed by atoms with Crippen LogP contribution in [0.15, 0.2) is 47.5 Å². The predicted molar refractivity (Wildman–Crippen MR) is 127 cm³/mol. The van der Waals surface area contributed by atoms with Gasteiger partial charge in [-0.25, -0.2) is 19.2 Å². The molecule has 3 aromatic heterocycles. The second kappa shape index (κ2) is 8.97. The SMILES string of the molecule is CC(=O)n1nc(C(C)(C)C)cc1NC(=O)Nc1ccc(Oc2ccnc3[nH]c(=O)cnc23)cc1F. The monoisotopic (exact) mass is 479 g/mol. The third-order valence-electron chi connectivity index (χ3n) is 4.87. The zero-order chi connectivity index (χ0) is 25.3. The van der Waals surface area contributed by atoms with E-state index < -0.39 is 17.4 Å². The number of H-pyrrole nitrogens is 1. The van der Waals surface area contributed by atoms with Gasteiger partial charge >= 0.3 is 6.03 Å². The summed E-state index contributed by atoms with van der Waals surface area (Å²) in [5, 5.41) is 9.17. The zero-order valence-corrected chi connectivity index (χ0v) is 19.3. The van der Waals surface area contributed by atoms with Gasteiger partial charge in [0.2, 0.25) is 5.91 Å². The molecule has 0 saturated carbocycles. The minimum Gasteiger partial charge on any atom is -0.455 e. The van der Waals surface area contributed by atoms with Gasteiger partial charge in [-0.15, -0.1) is 0 Å². The number of amides is 2. The molecule has 0 radical (unpaired) electrons. The molecule has 0 atom stereocenters. The first kappa shape index (κ1) is 23.5. The van der Waals surface area contributed by atoms with Gasteiger partial charge in [-0.05, 0) is 12.1 Å². The van der Waals surface area contributed by atoms with Gasteiger partial charge in [0.05, 0.1) is 17.6 Å². The van der Waals surface area contributed by atoms with E-state index in [4.69, 9.17) is 4.74 Å². The summed E-state index contributed by atoms with van der Waals surface area (Å²) in [6.45, 7) is 7.09. The van der Waals surface area contributed by atoms with E-state index in [2.05, 4.69) is 30.7 Å². The van der Waals surface area contributed by atoms with E-state index in [-0.39, 0.29) is 40.0 Å². The molecule has 0 bridgehead atoms. The number of halogens is 1. The molecule has 3 heterocycles. The molecule has 1 aromatic carbocycles. The van der Waals surface area contributed by atoms with Gasteiger partial charge in [-0.3, -0.25) is 14.9 Å². The van der Waals surface area contributed by atoms with Crippen LogP contribution in [0.1, 0.15) is 38.2 Å². The van der Waals surface area contributed by atoms with Crippen LogP contribution in [-0.2, 0) is 5.41 Å². The number of nitrogens with one attached hydrogen (secondary N) is 3. The van der Waals surface area contributed by atoms with Crippen LogP contribution in [0.25, 0.3) is 11.2 Å². The molecule has 12 heteroatoms. The highest BCUT2D eigenvalue weighted by molar-refractivity contribution is 6.00. The molecule has 0 aliphatic heterocycles. The van der Waals surface area contributed by atoms with Crippen LogP contribution in [0, 0.1) is 5.82 Å². The van der Waals surface area contributed by atoms with E-state index in [9.17, 15) is 18.8 Å². The van der Waals surface area contributed by atoms with E-state index >= 15 is 0 Å². The molecule has 2 amide bonds. The summed E-state index contributed by atoms with van der Waals surface area (Å²) in [6, 6.07) is 6.23. The predicted octanol–water partition coefficient (Wildman–Crippen LogP) is 4.05. The van der Waals surface area contributed by atoms with Gasteiger partial charge in [0, 0.05) is 36.7 Å². The lowest BCUT2D eigenvalue weighted by molar-refractivity contribution is 0.0923. The number of aromatic nitrogens is 5. The molecular formula is C23H22FN7O4. The van der Waals surface area contributed by atoms with Crippen LogP contribution in [0.3, 0.4) is 0 Å². The molecular weight excluding hydrogens is 457 g/mol. The second-order valence-corrected chi connectivity index (χ2v) is 8.67. The van der Waals surface area contributed by atoms with Crippen LogP contribution in [-0.4, -0.2) is 36.7 Å². The number of carbonyl (C=O) groups is 2. The van der Waals surface area contributed by atoms with Gasteiger partial charge in [-0.1, -0.05) is 20.8 Å². The topological polar surface area (TPSA) is 144 Å². The summed E-state index contributed by atoms with van der Waals surface area (Å²) in [7, 11) is 0. The molecule has 0 fully saturated rings. The van der Waals surface area contributed by atoms with Crippen molar-refractivity contribution < 1.29 is 18.7 Å². The summed E-state index contributed by atoms with van der Waals surface area (Å²) < 4.78 is 21.5. The number of pyridine rings is 1. The Hall–Kier alpha value is -4.61. The first-order valence-electron chi connectivity index (χ1n) is 10.5. The Balaban J connectivity index is 1.50. The van der Waals surface area contributed by atoms with Crippen molar-refractivity contribution in [2.24, 2.45) is 0 Å². The Morgan fingerprint density at radius 3 is 2.57 bits per heavy atom. The summed E-state index contributed by atoms with van der Waals surface area (Å²) in [5.41, 5.74) is 0.263. The minimum atomic E-state index is -0.757. The molecule has 11 nitrogen and oxygen atoms in total. The van der Waals surface area contributed by atoms with Crippen LogP contribution in [0.5, 0.6) is 11.5 Å². The second-order valence-electron chi connectivity index (χ2n) is 8.67. The Kier molecular flexibility index (Phi) is 6.03. The molecule has 0 unspecified atom stereocenters. The Morgan fingerprint density at radius 1 is 1.11 bits per heavy atom. The summed E-state index contributed by atoms with van der Waals surface area (Å²) in [4.78, 5) is 46.4. The molecule has 0 saturated heterocycles. The van der Waals surface area contributed by atoms with Gasteiger partial charge < -0.3 is 15.0 Å². The first-order valence-corrected chi connectivity index (χ1v) is 10.5. The van der Waals surface area contributed by atoms with Crippen molar-refractivity contribution in [1.82, 2.24) is 24.7 Å². The largest absolute Gasteiger partial charge is 0.455 e. The molecule has 3 N–H and O–H groups in total. The van der Waals surface area contributed by atoms with Crippen molar-refractivity contribution in [3.8, 4) is 11.5 Å². The number of anilines is 2. The third-order valence-corrected chi connectivity index (χ3v) is 4.87. The highest BCUT2D eigenvalue weighted by atomic mass is 19.1. The molecule has 180 valence electrons. The van der Waals surface area contributed by atoms with E-state index in [1.165, 1.54) is 31.3 Å². The van der Waals surface area contributed by atoms with Crippen molar-refractivity contribution in [3.05, 3.63) is 64.6 Å². The average Bonchev–Trinajstić information content (AvgIpc) is 3.20. The lowest BCUT2D eigenvalue weighted by Gasteiger charge is -2.13. The van der Waals surface area contributed by atoms with Gasteiger partial charge in [0.15, 0.2) is 11.4 Å². The van der Waals surface area contributed by atoms with Crippen LogP contribution >= 0.6 is 0 Å². The maximum Gasteiger partial charge on any atom is 0.324 e. The number of carbonyl (C=O) groups excluding carboxylic acids is 2. The maximum absolute atomic E-state index is 14.7. The van der Waals surface area contributed by atoms with Crippen LogP contribution < -0.4 is 20.9 Å². The minimum absolute atomic E-state index is 0.109. The Bertz CT molecular complexity index is 1500. The fourth-order valence-corrected chi connectivity index (χ4v) is 3.14. The number of urea groups is 1. The Labute approximate surface area is 198 Å². The number of hydrogen-bond acceptors (Lipinski definition) is 7. The first-order chi connectivity index (χ1) is 16.5. The van der Waals surface area contributed by atoms with Gasteiger partial charge in [-0.2, -0.15) is 9.78 Å². The molecule has 4 aromatic rings. The lowest BCUT2D eigenvalue weighted by Crippen LogP contribution is -2.23. The van der Waals surface area contributed by atoms with Crippen LogP contribution in [0.4, 0.5) is 20.7 Å². The molecule has 4 rings (SSSR count). The number of aromatic amines is 1. The van der Waals surface area contributed by atoms with E-state index in [0.717, 1.165) is 16.9 Å². The quantitative estimate of drug-likeness (QED) is 0.400. The van der Waals surface area contributed by atoms with E-state index in [0.29, 0.717) is 11.2 Å². The zero-order valence-electron chi connectivity index (χ0n) is 19.3. The van der Waals surface area contributed by atoms with Crippen LogP contribution in [0.2, 0.25) is 0 Å². The van der Waals surface area contributed by atoms with Crippen molar-refractivity contribution in [2.45, 2.75) is 33.1 Å². The number of nitrogens with zero attached hydrogens (tertiary/aromatic N) is 4. The van der Waals surface area contributed by atoms with Crippen molar-refractivity contribution >= 4 is 34.6 Å². The van der Waals surface area contributed by atoms with Crippen molar-refractivity contribution in [2.75, 3.05) is 10.6 Å². The van der Waals surface area contributed by atoms with Crippen molar-refractivity contribution in [3.63, 3.8) is 0 Å². The van der Waals surface area contributed by atoms with E-state index in [1.54, 1.807) is 6.07 Å². The van der Waals surface area contributed by atoms with Gasteiger partial charge in [0.1, 0.15) is 22.9 Å². The number of rotatable bonds is 4. The summed E-state index contributed by atoms with van der Waals surface area (Å²) >= 11 is 0. The fraction of sp³-hybridized carbons (Fsp3) is 0.217. The number of hydrogen-bond donors (Lipinski definition) is 3. The fourth-order valence-electron chi connectivity index (χ4n) is 3.14. The molecule has 0 aliphatic rings. The number of ether oxygens (including phenoxy) is 1. The Morgan fingerprint density at radius 2 is 1.89 bits per heavy atom. The average molecular weight is 479 g/mol. The standard InChI is InChI=1S/C23H22FN7O4/c1-12(32)31-18(10-17(30-31)23(2,3)4)28-22(34)27-15-6-5-13(9-14(15)24)35-16-7-8-25-21-20(16)26-11-19(33)29-21/h5-11H,1-4H3,(H,25,29,33)(H2,27,28,34). The lowest BCUT2D eigenvalue weighted by atomic mass is 9.92. The molecule has 0 spiro atoms. The summed E-state index contributed by atoms with van der Waals surface area (Å²) in [5.74, 6) is -0.580. The normalized spacial score (nSPS) is 11.3. The molecule has 0 aliphatic carbocycles. The number of fused-ring (bicyclic) bond motifs is 1. The van der Waals surface area contributed by atoms with Crippen molar-refractivity contribution in [1.29, 1.82) is 0 Å². The smallest absolute Gasteiger partial charge is 0.324 e. The maximum atomic E-state index is 14.7. The number of benzene rings is 1. The highest BCUT2D eigenvalue weighted by Gasteiger charge is 2.22. The third kappa shape index (κ3) is 5.16. The summed E-state index contributed by atoms with van der Waals surface area (Å²) in [6.07, 6.45) is 2.51.